The van der Waals surface area contributed by atoms with Gasteiger partial charge in [-0.05, 0) is 44.0 Å². The quantitative estimate of drug-likeness (QED) is 0.529. The van der Waals surface area contributed by atoms with E-state index in [2.05, 4.69) is 19.7 Å². The minimum Gasteiger partial charge on any atom is -0.435 e. The summed E-state index contributed by atoms with van der Waals surface area (Å²) in [6.07, 6.45) is 0.355. The van der Waals surface area contributed by atoms with Crippen LogP contribution in [0.1, 0.15) is 41.3 Å². The number of pyridine rings is 3. The Kier molecular flexibility index (Phi) is 5.91. The van der Waals surface area contributed by atoms with Gasteiger partial charge in [0, 0.05) is 23.9 Å². The normalized spacial score (nSPS) is 13.9. The molecule has 0 radical (unpaired) electrons. The fourth-order valence-corrected chi connectivity index (χ4v) is 3.86. The number of hydrogen-bond acceptors (Lipinski definition) is 7. The van der Waals surface area contributed by atoms with Crippen molar-refractivity contribution in [1.29, 1.82) is 5.26 Å². The first-order valence-corrected chi connectivity index (χ1v) is 11.9. The second kappa shape index (κ2) is 8.57. The van der Waals surface area contributed by atoms with Crippen LogP contribution in [-0.2, 0) is 16.2 Å². The van der Waals surface area contributed by atoms with Gasteiger partial charge >= 0.3 is 6.18 Å². The molecule has 3 aromatic heterocycles. The number of aryl methyl sites for hydroxylation is 1. The van der Waals surface area contributed by atoms with Crippen molar-refractivity contribution >= 4 is 15.7 Å². The Morgan fingerprint density at radius 3 is 2.53 bits per heavy atom. The van der Waals surface area contributed by atoms with E-state index in [9.17, 15) is 21.6 Å². The van der Waals surface area contributed by atoms with Crippen LogP contribution < -0.4 is 9.46 Å². The Morgan fingerprint density at radius 2 is 1.91 bits per heavy atom. The first kappa shape index (κ1) is 23.4. The summed E-state index contributed by atoms with van der Waals surface area (Å²) in [6, 6.07) is 7.17. The molecule has 0 amide bonds. The molecule has 1 fully saturated rings. The van der Waals surface area contributed by atoms with Gasteiger partial charge in [0.05, 0.1) is 34.5 Å². The van der Waals surface area contributed by atoms with Crippen molar-refractivity contribution in [2.75, 3.05) is 11.0 Å². The number of halogens is 3. The molecule has 1 aliphatic rings. The number of hydrogen-bond donors (Lipinski definition) is 1. The highest BCUT2D eigenvalue weighted by Gasteiger charge is 2.40. The summed E-state index contributed by atoms with van der Waals surface area (Å²) >= 11 is 0. The second-order valence-electron chi connectivity index (χ2n) is 7.88. The lowest BCUT2D eigenvalue weighted by Gasteiger charge is -2.17. The molecule has 0 aromatic carbocycles. The van der Waals surface area contributed by atoms with Crippen molar-refractivity contribution in [1.82, 2.24) is 15.0 Å². The highest BCUT2D eigenvalue weighted by Crippen LogP contribution is 2.46. The first-order valence-electron chi connectivity index (χ1n) is 10.1. The molecule has 0 saturated heterocycles. The van der Waals surface area contributed by atoms with Gasteiger partial charge in [0.25, 0.3) is 0 Å². The molecule has 0 bridgehead atoms. The number of nitrogens with one attached hydrogen (secondary N) is 1. The van der Waals surface area contributed by atoms with Gasteiger partial charge in [-0.3, -0.25) is 14.7 Å². The summed E-state index contributed by atoms with van der Waals surface area (Å²) in [4.78, 5) is 12.4. The average molecular weight is 489 g/mol. The van der Waals surface area contributed by atoms with Crippen LogP contribution >= 0.6 is 0 Å². The van der Waals surface area contributed by atoms with Crippen LogP contribution in [0.3, 0.4) is 0 Å². The van der Waals surface area contributed by atoms with E-state index in [1.807, 2.05) is 6.07 Å². The molecule has 1 saturated carbocycles. The summed E-state index contributed by atoms with van der Waals surface area (Å²) in [5.74, 6) is -0.725. The Labute approximate surface area is 193 Å². The number of anilines is 1. The first-order chi connectivity index (χ1) is 15.9. The Balaban J connectivity index is 1.81. The molecule has 34 heavy (non-hydrogen) atoms. The van der Waals surface area contributed by atoms with E-state index in [0.717, 1.165) is 12.3 Å². The molecule has 1 N–H and O–H groups in total. The number of nitriles is 1. The number of rotatable bonds is 6. The predicted molar refractivity (Wildman–Crippen MR) is 117 cm³/mol. The van der Waals surface area contributed by atoms with E-state index in [1.165, 1.54) is 37.5 Å². The third kappa shape index (κ3) is 5.26. The van der Waals surface area contributed by atoms with Gasteiger partial charge in [-0.15, -0.1) is 0 Å². The maximum absolute atomic E-state index is 13.7. The molecule has 4 rings (SSSR count). The highest BCUT2D eigenvalue weighted by molar-refractivity contribution is 7.92. The fraction of sp³-hybridized carbons (Fsp3) is 0.273. The van der Waals surface area contributed by atoms with Crippen LogP contribution in [0.25, 0.3) is 11.3 Å². The summed E-state index contributed by atoms with van der Waals surface area (Å²) in [5.41, 5.74) is 0.198. The van der Waals surface area contributed by atoms with Crippen LogP contribution in [0, 0.1) is 18.3 Å². The van der Waals surface area contributed by atoms with Gasteiger partial charge in [0.15, 0.2) is 5.75 Å². The van der Waals surface area contributed by atoms with E-state index >= 15 is 0 Å². The van der Waals surface area contributed by atoms with Gasteiger partial charge in [0.1, 0.15) is 11.8 Å². The summed E-state index contributed by atoms with van der Waals surface area (Å²) in [5, 5.41) is 9.11. The number of alkyl halides is 3. The van der Waals surface area contributed by atoms with Crippen molar-refractivity contribution in [3.63, 3.8) is 0 Å². The molecule has 1 aliphatic carbocycles. The summed E-state index contributed by atoms with van der Waals surface area (Å²) in [7, 11) is -3.75. The van der Waals surface area contributed by atoms with Crippen molar-refractivity contribution in [2.45, 2.75) is 31.9 Å². The van der Waals surface area contributed by atoms with Crippen LogP contribution in [0.5, 0.6) is 11.6 Å². The Morgan fingerprint density at radius 1 is 1.18 bits per heavy atom. The molecule has 3 aromatic rings. The number of aromatic nitrogens is 3. The highest BCUT2D eigenvalue weighted by atomic mass is 32.2. The zero-order chi connectivity index (χ0) is 24.7. The van der Waals surface area contributed by atoms with Crippen molar-refractivity contribution in [3.05, 3.63) is 59.2 Å². The minimum atomic E-state index is -4.64. The Hall–Kier alpha value is -3.72. The standard InChI is InChI=1S/C22H18F3N5O3S/c1-12-19(8-16(22(23,24)25)20(28-12)14-3-4-14)33-21-18(30-34(2,31)32)6-5-17(29-21)15-7-13(9-26)10-27-11-15/h5-8,10-11,14,30H,3-4H2,1-2H3. The van der Waals surface area contributed by atoms with Crippen molar-refractivity contribution in [2.24, 2.45) is 0 Å². The molecule has 12 heteroatoms. The molecule has 0 atom stereocenters. The van der Waals surface area contributed by atoms with E-state index in [4.69, 9.17) is 10.00 Å². The molecule has 176 valence electrons. The molecule has 8 nitrogen and oxygen atoms in total. The smallest absolute Gasteiger partial charge is 0.418 e. The fourth-order valence-electron chi connectivity index (χ4n) is 3.31. The predicted octanol–water partition coefficient (Wildman–Crippen LogP) is 4.78. The summed E-state index contributed by atoms with van der Waals surface area (Å²) in [6.45, 7) is 1.51. The molecule has 0 aliphatic heterocycles. The van der Waals surface area contributed by atoms with Gasteiger partial charge in [-0.2, -0.15) is 18.4 Å². The lowest BCUT2D eigenvalue weighted by Crippen LogP contribution is -2.13. The topological polar surface area (TPSA) is 118 Å². The third-order valence-corrected chi connectivity index (χ3v) is 5.58. The zero-order valence-corrected chi connectivity index (χ0v) is 18.8. The number of nitrogens with zero attached hydrogens (tertiary/aromatic N) is 4. The van der Waals surface area contributed by atoms with Gasteiger partial charge in [0.2, 0.25) is 15.9 Å². The largest absolute Gasteiger partial charge is 0.435 e. The van der Waals surface area contributed by atoms with E-state index in [1.54, 1.807) is 0 Å². The maximum Gasteiger partial charge on any atom is 0.418 e. The van der Waals surface area contributed by atoms with E-state index in [-0.39, 0.29) is 45.9 Å². The monoisotopic (exact) mass is 489 g/mol. The molecule has 3 heterocycles. The van der Waals surface area contributed by atoms with Crippen LogP contribution in [-0.4, -0.2) is 29.6 Å². The minimum absolute atomic E-state index is 0.0204. The van der Waals surface area contributed by atoms with Crippen LogP contribution in [0.4, 0.5) is 18.9 Å². The number of ether oxygens (including phenoxy) is 1. The third-order valence-electron chi connectivity index (χ3n) is 4.99. The lowest BCUT2D eigenvalue weighted by molar-refractivity contribution is -0.138. The zero-order valence-electron chi connectivity index (χ0n) is 18.0. The van der Waals surface area contributed by atoms with Crippen LogP contribution in [0.2, 0.25) is 0 Å². The number of sulfonamides is 1. The SMILES string of the molecule is Cc1nc(C2CC2)c(C(F)(F)F)cc1Oc1nc(-c2cncc(C#N)c2)ccc1NS(C)(=O)=O. The Bertz CT molecular complexity index is 1410. The molecular formula is C22H18F3N5O3S. The van der Waals surface area contributed by atoms with E-state index in [0.29, 0.717) is 18.4 Å². The maximum atomic E-state index is 13.7. The summed E-state index contributed by atoms with van der Waals surface area (Å²) < 4.78 is 72.7. The lowest BCUT2D eigenvalue weighted by atomic mass is 10.1. The van der Waals surface area contributed by atoms with Crippen molar-refractivity contribution < 1.29 is 26.3 Å². The second-order valence-corrected chi connectivity index (χ2v) is 9.62. The van der Waals surface area contributed by atoms with Crippen molar-refractivity contribution in [3.8, 4) is 29.0 Å². The molecular weight excluding hydrogens is 471 g/mol. The van der Waals surface area contributed by atoms with Gasteiger partial charge in [-0.1, -0.05) is 0 Å². The molecule has 0 unspecified atom stereocenters. The van der Waals surface area contributed by atoms with Crippen LogP contribution in [0.15, 0.2) is 36.7 Å². The van der Waals surface area contributed by atoms with Gasteiger partial charge in [-0.25, -0.2) is 13.4 Å². The van der Waals surface area contributed by atoms with Gasteiger partial charge < -0.3 is 4.74 Å². The molecule has 0 spiro atoms. The van der Waals surface area contributed by atoms with E-state index < -0.39 is 21.8 Å². The average Bonchev–Trinajstić information content (AvgIpc) is 3.59.